The van der Waals surface area contributed by atoms with E-state index >= 15 is 0 Å². The molecule has 0 aliphatic rings. The third kappa shape index (κ3) is 4.17. The minimum absolute atomic E-state index is 0.0572. The summed E-state index contributed by atoms with van der Waals surface area (Å²) in [6.07, 6.45) is 0. The lowest BCUT2D eigenvalue weighted by molar-refractivity contribution is 0.669. The Bertz CT molecular complexity index is 3350. The quantitative estimate of drug-likeness (QED) is 0.186. The van der Waals surface area contributed by atoms with Crippen molar-refractivity contribution >= 4 is 43.5 Å². The molecule has 1 aromatic heterocycles. The maximum atomic E-state index is 9.50. The van der Waals surface area contributed by atoms with Gasteiger partial charge in [-0.05, 0) is 84.3 Å². The Morgan fingerprint density at radius 2 is 0.933 bits per heavy atom. The molecule has 0 aliphatic heterocycles. The van der Waals surface area contributed by atoms with Crippen LogP contribution in [0.25, 0.3) is 88.0 Å². The zero-order valence-corrected chi connectivity index (χ0v) is 23.3. The topological polar surface area (TPSA) is 13.1 Å². The predicted molar refractivity (Wildman–Crippen MR) is 190 cm³/mol. The molecule has 1 heteroatoms. The van der Waals surface area contributed by atoms with Crippen molar-refractivity contribution in [1.82, 2.24) is 0 Å². The zero-order chi connectivity index (χ0) is 44.5. The highest BCUT2D eigenvalue weighted by atomic mass is 16.3. The molecule has 0 unspecified atom stereocenters. The van der Waals surface area contributed by atoms with Gasteiger partial charge in [0.15, 0.2) is 0 Å². The van der Waals surface area contributed by atoms with Crippen LogP contribution in [0.1, 0.15) is 23.3 Å². The number of para-hydroxylation sites is 1. The van der Waals surface area contributed by atoms with E-state index in [-0.39, 0.29) is 44.2 Å². The SMILES string of the molecule is [2H]c1c([2H])c([2H])c(-c2cc3oc4ccccc4c3cc2-c2c3c([2H])c([2H])c([2H])c([2H])c3c(-c3c([2H])c([2H])c(-c4ccccc4)c([2H])c3[2H])c3c([2H])c([2H])c([2H])c([2H])c23)c([2H])c1[2H]. The van der Waals surface area contributed by atoms with Crippen LogP contribution in [0.2, 0.25) is 0 Å². The maximum absolute atomic E-state index is 9.50. The molecule has 0 saturated carbocycles. The Labute approximate surface area is 285 Å². The van der Waals surface area contributed by atoms with E-state index in [0.717, 1.165) is 0 Å². The Kier molecular flexibility index (Phi) is 3.18. The molecular weight excluding hydrogens is 544 g/mol. The van der Waals surface area contributed by atoms with E-state index in [1.165, 1.54) is 12.1 Å². The summed E-state index contributed by atoms with van der Waals surface area (Å²) >= 11 is 0. The summed E-state index contributed by atoms with van der Waals surface area (Å²) < 4.78 is 160. The van der Waals surface area contributed by atoms with Gasteiger partial charge >= 0.3 is 0 Å². The maximum Gasteiger partial charge on any atom is 0.136 e. The van der Waals surface area contributed by atoms with Crippen LogP contribution in [0.4, 0.5) is 0 Å². The summed E-state index contributed by atoms with van der Waals surface area (Å²) in [6, 6.07) is 6.52. The molecule has 210 valence electrons. The highest BCUT2D eigenvalue weighted by Gasteiger charge is 2.21. The van der Waals surface area contributed by atoms with Gasteiger partial charge in [-0.25, -0.2) is 0 Å². The molecule has 0 aliphatic carbocycles. The molecule has 9 rings (SSSR count). The van der Waals surface area contributed by atoms with Gasteiger partial charge in [0, 0.05) is 10.8 Å². The van der Waals surface area contributed by atoms with E-state index in [9.17, 15) is 8.22 Å². The monoisotopic (exact) mass is 589 g/mol. The van der Waals surface area contributed by atoms with Crippen LogP contribution in [0.15, 0.2) is 174 Å². The summed E-state index contributed by atoms with van der Waals surface area (Å²) in [5.41, 5.74) is -0.727. The molecule has 0 amide bonds. The number of fused-ring (bicyclic) bond motifs is 5. The molecule has 0 fully saturated rings. The Hall–Kier alpha value is -5.92. The molecule has 0 spiro atoms. The van der Waals surface area contributed by atoms with Gasteiger partial charge in [-0.3, -0.25) is 0 Å². The molecule has 8 aromatic carbocycles. The minimum atomic E-state index is -0.770. The van der Waals surface area contributed by atoms with E-state index in [0.29, 0.717) is 21.9 Å². The molecule has 9 aromatic rings. The first kappa shape index (κ1) is 13.8. The fourth-order valence-corrected chi connectivity index (χ4v) is 5.90. The van der Waals surface area contributed by atoms with Crippen LogP contribution in [0.3, 0.4) is 0 Å². The number of benzene rings is 8. The molecule has 0 radical (unpaired) electrons. The molecule has 1 heterocycles. The Balaban J connectivity index is 1.61. The van der Waals surface area contributed by atoms with Crippen LogP contribution < -0.4 is 0 Å². The van der Waals surface area contributed by atoms with Gasteiger partial charge in [-0.15, -0.1) is 0 Å². The third-order valence-electron chi connectivity index (χ3n) is 7.87. The van der Waals surface area contributed by atoms with Gasteiger partial charge < -0.3 is 4.42 Å². The van der Waals surface area contributed by atoms with Gasteiger partial charge in [0.25, 0.3) is 0 Å². The highest BCUT2D eigenvalue weighted by Crippen LogP contribution is 2.48. The van der Waals surface area contributed by atoms with Gasteiger partial charge in [-0.2, -0.15) is 0 Å². The molecule has 1 nitrogen and oxygen atoms in total. The fraction of sp³-hybridized carbons (Fsp3) is 0. The van der Waals surface area contributed by atoms with Crippen molar-refractivity contribution in [1.29, 1.82) is 0 Å². The van der Waals surface area contributed by atoms with Crippen molar-refractivity contribution in [2.45, 2.75) is 0 Å². The minimum Gasteiger partial charge on any atom is -0.456 e. The van der Waals surface area contributed by atoms with Crippen LogP contribution in [0, 0.1) is 0 Å². The average Bonchev–Trinajstić information content (AvgIpc) is 3.63. The van der Waals surface area contributed by atoms with Gasteiger partial charge in [0.1, 0.15) is 11.2 Å². The van der Waals surface area contributed by atoms with Crippen molar-refractivity contribution in [3.8, 4) is 44.5 Å². The van der Waals surface area contributed by atoms with Crippen LogP contribution in [-0.4, -0.2) is 0 Å². The largest absolute Gasteiger partial charge is 0.456 e. The van der Waals surface area contributed by atoms with Crippen molar-refractivity contribution in [2.75, 3.05) is 0 Å². The molecule has 0 saturated heterocycles. The van der Waals surface area contributed by atoms with Crippen molar-refractivity contribution < 1.29 is 27.7 Å². The van der Waals surface area contributed by atoms with E-state index in [4.69, 9.17) is 19.5 Å². The summed E-state index contributed by atoms with van der Waals surface area (Å²) in [5, 5.41) is -0.536. The van der Waals surface area contributed by atoms with Crippen molar-refractivity contribution in [3.05, 3.63) is 169 Å². The molecular formula is C44H28O. The van der Waals surface area contributed by atoms with Gasteiger partial charge in [0.05, 0.1) is 23.3 Å². The third-order valence-corrected chi connectivity index (χ3v) is 7.87. The number of rotatable bonds is 4. The average molecular weight is 590 g/mol. The number of hydrogen-bond donors (Lipinski definition) is 0. The summed E-state index contributed by atoms with van der Waals surface area (Å²) in [5.74, 6) is 0. The lowest BCUT2D eigenvalue weighted by Crippen LogP contribution is -1.93. The zero-order valence-electron chi connectivity index (χ0n) is 40.3. The Morgan fingerprint density at radius 1 is 0.356 bits per heavy atom. The molecule has 0 bridgehead atoms. The second-order valence-electron chi connectivity index (χ2n) is 10.4. The summed E-state index contributed by atoms with van der Waals surface area (Å²) in [7, 11) is 0. The van der Waals surface area contributed by atoms with Crippen molar-refractivity contribution in [2.24, 2.45) is 0 Å². The van der Waals surface area contributed by atoms with Gasteiger partial charge in [-0.1, -0.05) is 151 Å². The van der Waals surface area contributed by atoms with E-state index < -0.39 is 125 Å². The highest BCUT2D eigenvalue weighted by molar-refractivity contribution is 6.23. The smallest absolute Gasteiger partial charge is 0.136 e. The summed E-state index contributed by atoms with van der Waals surface area (Å²) in [6.45, 7) is 0. The first-order valence-corrected chi connectivity index (χ1v) is 14.1. The van der Waals surface area contributed by atoms with Crippen LogP contribution in [-0.2, 0) is 0 Å². The predicted octanol–water partition coefficient (Wildman–Crippen LogP) is 12.6. The number of furan rings is 1. The second kappa shape index (κ2) is 10.4. The lowest BCUT2D eigenvalue weighted by atomic mass is 9.83. The first-order chi connectivity index (χ1) is 29.4. The van der Waals surface area contributed by atoms with Crippen LogP contribution >= 0.6 is 0 Å². The van der Waals surface area contributed by atoms with E-state index in [2.05, 4.69) is 0 Å². The lowest BCUT2D eigenvalue weighted by Gasteiger charge is -2.20. The first-order valence-electron chi connectivity index (χ1n) is 22.6. The van der Waals surface area contributed by atoms with E-state index in [1.54, 1.807) is 54.6 Å². The Morgan fingerprint density at radius 3 is 1.62 bits per heavy atom. The second-order valence-corrected chi connectivity index (χ2v) is 10.4. The normalized spacial score (nSPS) is 16.8. The van der Waals surface area contributed by atoms with Crippen LogP contribution in [0.5, 0.6) is 0 Å². The standard InChI is InChI=1S/C44H28O/c1-3-13-29(14-4-1)30-23-25-32(26-24-30)43-34-18-7-9-20-36(34)44(37-21-10-8-19-35(37)43)40-27-39-33-17-11-12-22-41(33)45-42(39)28-38(40)31-15-5-2-6-16-31/h1-28H/i2D,5D,6D,7D,8D,9D,10D,15D,16D,18D,19D,20D,21D,23D,24D,25D,26D. The van der Waals surface area contributed by atoms with Crippen molar-refractivity contribution in [3.63, 3.8) is 0 Å². The molecule has 45 heavy (non-hydrogen) atoms. The number of hydrogen-bond acceptors (Lipinski definition) is 1. The molecule has 0 atom stereocenters. The van der Waals surface area contributed by atoms with E-state index in [1.807, 2.05) is 0 Å². The fourth-order valence-electron chi connectivity index (χ4n) is 5.90. The summed E-state index contributed by atoms with van der Waals surface area (Å²) in [4.78, 5) is 0. The molecule has 0 N–H and O–H groups in total. The van der Waals surface area contributed by atoms with Gasteiger partial charge in [0.2, 0.25) is 0 Å².